The summed E-state index contributed by atoms with van der Waals surface area (Å²) in [6.45, 7) is 7.02. The predicted octanol–water partition coefficient (Wildman–Crippen LogP) is 8.62. The van der Waals surface area contributed by atoms with E-state index >= 15 is 0 Å². The molecule has 41 heavy (non-hydrogen) atoms. The molecule has 3 rings (SSSR count). The van der Waals surface area contributed by atoms with E-state index in [1.165, 1.54) is 51.1 Å². The second-order valence-electron chi connectivity index (χ2n) is 10.4. The third-order valence-corrected chi connectivity index (χ3v) is 6.85. The van der Waals surface area contributed by atoms with Crippen LogP contribution in [0.2, 0.25) is 0 Å². The Labute approximate surface area is 244 Å². The highest BCUT2D eigenvalue weighted by atomic mass is 16.5. The molecule has 1 aromatic heterocycles. The van der Waals surface area contributed by atoms with Crippen molar-refractivity contribution in [1.82, 2.24) is 9.97 Å². The maximum atomic E-state index is 12.6. The van der Waals surface area contributed by atoms with Crippen LogP contribution in [0.25, 0.3) is 11.3 Å². The molecule has 0 amide bonds. The van der Waals surface area contributed by atoms with Crippen LogP contribution in [0.1, 0.15) is 112 Å². The summed E-state index contributed by atoms with van der Waals surface area (Å²) in [6.07, 6.45) is 15.6. The molecular formula is C34H44N2O5. The number of hydrogen-bond donors (Lipinski definition) is 0. The van der Waals surface area contributed by atoms with E-state index in [1.807, 2.05) is 31.2 Å². The summed E-state index contributed by atoms with van der Waals surface area (Å²) in [6, 6.07) is 14.0. The molecule has 0 aliphatic carbocycles. The van der Waals surface area contributed by atoms with Gasteiger partial charge in [0, 0.05) is 5.56 Å². The lowest BCUT2D eigenvalue weighted by molar-refractivity contribution is 0.0319. The summed E-state index contributed by atoms with van der Waals surface area (Å²) >= 11 is 0. The number of hydrogen-bond acceptors (Lipinski definition) is 7. The van der Waals surface area contributed by atoms with Crippen LogP contribution in [-0.4, -0.2) is 34.6 Å². The number of unbranched alkanes of at least 4 members (excludes halogenated alkanes) is 8. The molecule has 2 aromatic carbocycles. The lowest BCUT2D eigenvalue weighted by Crippen LogP contribution is -2.15. The van der Waals surface area contributed by atoms with Crippen LogP contribution in [-0.2, 0) is 4.74 Å². The van der Waals surface area contributed by atoms with Crippen LogP contribution < -0.4 is 9.47 Å². The van der Waals surface area contributed by atoms with Gasteiger partial charge >= 0.3 is 11.9 Å². The van der Waals surface area contributed by atoms with Gasteiger partial charge in [-0.3, -0.25) is 4.98 Å². The molecule has 0 saturated heterocycles. The summed E-state index contributed by atoms with van der Waals surface area (Å²) in [5.74, 6) is 0.122. The van der Waals surface area contributed by atoms with Gasteiger partial charge < -0.3 is 14.2 Å². The van der Waals surface area contributed by atoms with E-state index in [0.717, 1.165) is 37.0 Å². The molecule has 1 unspecified atom stereocenters. The van der Waals surface area contributed by atoms with Crippen LogP contribution in [0.5, 0.6) is 11.5 Å². The molecule has 7 nitrogen and oxygen atoms in total. The van der Waals surface area contributed by atoms with Crippen molar-refractivity contribution in [3.05, 3.63) is 72.2 Å². The van der Waals surface area contributed by atoms with Gasteiger partial charge in [0.15, 0.2) is 5.69 Å². The second-order valence-corrected chi connectivity index (χ2v) is 10.4. The summed E-state index contributed by atoms with van der Waals surface area (Å²) in [4.78, 5) is 33.6. The third-order valence-electron chi connectivity index (χ3n) is 6.85. The summed E-state index contributed by atoms with van der Waals surface area (Å²) in [7, 11) is 0. The largest absolute Gasteiger partial charge is 0.494 e. The molecule has 0 saturated carbocycles. The molecule has 220 valence electrons. The summed E-state index contributed by atoms with van der Waals surface area (Å²) in [5.41, 5.74) is 2.02. The van der Waals surface area contributed by atoms with Crippen LogP contribution in [0.3, 0.4) is 0 Å². The standard InChI is InChI=1S/C34H44N2O5/c1-4-6-8-10-11-13-23-39-29-19-15-27(16-20-29)31-24-36-32(25-35-31)34(38)41-30-21-17-28(18-22-30)33(37)40-26(3)14-12-9-7-5-2/h15-22,24-26H,4-14,23H2,1-3H3. The van der Waals surface area contributed by atoms with Gasteiger partial charge in [-0.1, -0.05) is 65.2 Å². The Morgan fingerprint density at radius 1 is 0.707 bits per heavy atom. The fraction of sp³-hybridized carbons (Fsp3) is 0.471. The molecule has 0 fully saturated rings. The van der Waals surface area contributed by atoms with Crippen molar-refractivity contribution in [2.45, 2.75) is 97.5 Å². The molecule has 1 heterocycles. The number of ether oxygens (including phenoxy) is 3. The monoisotopic (exact) mass is 560 g/mol. The number of carbonyl (C=O) groups excluding carboxylic acids is 2. The van der Waals surface area contributed by atoms with E-state index in [-0.39, 0.29) is 17.8 Å². The van der Waals surface area contributed by atoms with Crippen LogP contribution in [0, 0.1) is 0 Å². The Morgan fingerprint density at radius 3 is 2.00 bits per heavy atom. The minimum absolute atomic E-state index is 0.0908. The number of carbonyl (C=O) groups is 2. The van der Waals surface area contributed by atoms with Crippen molar-refractivity contribution in [2.75, 3.05) is 6.61 Å². The zero-order valence-electron chi connectivity index (χ0n) is 24.8. The van der Waals surface area contributed by atoms with E-state index in [0.29, 0.717) is 23.6 Å². The maximum Gasteiger partial charge on any atom is 0.363 e. The smallest absolute Gasteiger partial charge is 0.363 e. The maximum absolute atomic E-state index is 12.6. The molecular weight excluding hydrogens is 516 g/mol. The lowest BCUT2D eigenvalue weighted by Gasteiger charge is -2.13. The van der Waals surface area contributed by atoms with Crippen LogP contribution in [0.4, 0.5) is 0 Å². The summed E-state index contributed by atoms with van der Waals surface area (Å²) in [5, 5.41) is 0. The molecule has 0 aliphatic rings. The van der Waals surface area contributed by atoms with Gasteiger partial charge in [0.25, 0.3) is 0 Å². The first-order valence-electron chi connectivity index (χ1n) is 15.1. The Morgan fingerprint density at radius 2 is 1.34 bits per heavy atom. The van der Waals surface area contributed by atoms with Crippen molar-refractivity contribution in [3.63, 3.8) is 0 Å². The first-order valence-corrected chi connectivity index (χ1v) is 15.1. The molecule has 1 atom stereocenters. The van der Waals surface area contributed by atoms with Crippen molar-refractivity contribution < 1.29 is 23.8 Å². The number of rotatable bonds is 18. The third kappa shape index (κ3) is 11.3. The average Bonchev–Trinajstić information content (AvgIpc) is 2.99. The Balaban J connectivity index is 1.44. The molecule has 0 bridgehead atoms. The van der Waals surface area contributed by atoms with Gasteiger partial charge in [-0.25, -0.2) is 14.6 Å². The minimum Gasteiger partial charge on any atom is -0.494 e. The number of nitrogens with zero attached hydrogens (tertiary/aromatic N) is 2. The quantitative estimate of drug-likeness (QED) is 0.0874. The van der Waals surface area contributed by atoms with E-state index in [1.54, 1.807) is 30.5 Å². The fourth-order valence-corrected chi connectivity index (χ4v) is 4.36. The van der Waals surface area contributed by atoms with Gasteiger partial charge in [0.05, 0.1) is 36.4 Å². The highest BCUT2D eigenvalue weighted by Gasteiger charge is 2.15. The zero-order valence-corrected chi connectivity index (χ0v) is 24.8. The molecule has 3 aromatic rings. The van der Waals surface area contributed by atoms with E-state index in [4.69, 9.17) is 14.2 Å². The van der Waals surface area contributed by atoms with Gasteiger partial charge in [-0.05, 0) is 74.7 Å². The summed E-state index contributed by atoms with van der Waals surface area (Å²) < 4.78 is 16.8. The van der Waals surface area contributed by atoms with E-state index < -0.39 is 5.97 Å². The molecule has 0 aliphatic heterocycles. The van der Waals surface area contributed by atoms with E-state index in [9.17, 15) is 9.59 Å². The van der Waals surface area contributed by atoms with Gasteiger partial charge in [0.1, 0.15) is 11.5 Å². The topological polar surface area (TPSA) is 87.6 Å². The first-order chi connectivity index (χ1) is 20.0. The molecule has 7 heteroatoms. The van der Waals surface area contributed by atoms with Crippen LogP contribution >= 0.6 is 0 Å². The Hall–Kier alpha value is -3.74. The van der Waals surface area contributed by atoms with E-state index in [2.05, 4.69) is 23.8 Å². The molecule has 0 radical (unpaired) electrons. The highest BCUT2D eigenvalue weighted by molar-refractivity contribution is 5.91. The minimum atomic E-state index is -0.626. The number of benzene rings is 2. The van der Waals surface area contributed by atoms with Crippen LogP contribution in [0.15, 0.2) is 60.9 Å². The first kappa shape index (κ1) is 31.8. The number of esters is 2. The van der Waals surface area contributed by atoms with Crippen molar-refractivity contribution in [1.29, 1.82) is 0 Å². The van der Waals surface area contributed by atoms with Gasteiger partial charge in [-0.2, -0.15) is 0 Å². The predicted molar refractivity (Wildman–Crippen MR) is 161 cm³/mol. The average molecular weight is 561 g/mol. The van der Waals surface area contributed by atoms with Crippen molar-refractivity contribution in [2.24, 2.45) is 0 Å². The fourth-order valence-electron chi connectivity index (χ4n) is 4.36. The molecule has 0 N–H and O–H groups in total. The highest BCUT2D eigenvalue weighted by Crippen LogP contribution is 2.21. The zero-order chi connectivity index (χ0) is 29.3. The SMILES string of the molecule is CCCCCCCCOc1ccc(-c2cnc(C(=O)Oc3ccc(C(=O)OC(C)CCCCCC)cc3)cn2)cc1. The molecule has 0 spiro atoms. The Bertz CT molecular complexity index is 1180. The van der Waals surface area contributed by atoms with Gasteiger partial charge in [-0.15, -0.1) is 0 Å². The normalized spacial score (nSPS) is 11.6. The second kappa shape index (κ2) is 17.8. The van der Waals surface area contributed by atoms with Crippen molar-refractivity contribution in [3.8, 4) is 22.8 Å². The lowest BCUT2D eigenvalue weighted by atomic mass is 10.1. The number of aromatic nitrogens is 2. The van der Waals surface area contributed by atoms with Crippen molar-refractivity contribution >= 4 is 11.9 Å². The Kier molecular flexibility index (Phi) is 13.8. The van der Waals surface area contributed by atoms with Gasteiger partial charge in [0.2, 0.25) is 0 Å².